The van der Waals surface area contributed by atoms with Gasteiger partial charge in [0.25, 0.3) is 0 Å². The molecule has 1 aromatic heterocycles. The fourth-order valence-corrected chi connectivity index (χ4v) is 3.67. The second-order valence-corrected chi connectivity index (χ2v) is 5.62. The molecule has 1 aromatic carbocycles. The highest BCUT2D eigenvalue weighted by Crippen LogP contribution is 2.27. The summed E-state index contributed by atoms with van der Waals surface area (Å²) in [6.07, 6.45) is 0. The largest absolute Gasteiger partial charge is 0.236 e. The maximum Gasteiger partial charge on any atom is 0.147 e. The highest BCUT2D eigenvalue weighted by atomic mass is 35.5. The summed E-state index contributed by atoms with van der Waals surface area (Å²) in [7, 11) is 2.91. The van der Waals surface area contributed by atoms with Crippen molar-refractivity contribution in [3.63, 3.8) is 0 Å². The summed E-state index contributed by atoms with van der Waals surface area (Å²) in [4.78, 5) is 4.37. The summed E-state index contributed by atoms with van der Waals surface area (Å²) >= 11 is 11.8. The van der Waals surface area contributed by atoms with Crippen molar-refractivity contribution in [1.82, 2.24) is 0 Å². The Morgan fingerprint density at radius 2 is 1.71 bits per heavy atom. The van der Waals surface area contributed by atoms with Gasteiger partial charge in [0.1, 0.15) is 14.0 Å². The van der Waals surface area contributed by atoms with Gasteiger partial charge in [0, 0.05) is 0 Å². The lowest BCUT2D eigenvalue weighted by atomic mass is 10.3. The van der Waals surface area contributed by atoms with E-state index in [4.69, 9.17) is 23.2 Å². The number of hydrogen-bond donors (Lipinski definition) is 0. The van der Waals surface area contributed by atoms with Crippen molar-refractivity contribution in [3.05, 3.63) is 44.4 Å². The van der Waals surface area contributed by atoms with Crippen molar-refractivity contribution in [1.29, 1.82) is 0 Å². The van der Waals surface area contributed by atoms with E-state index in [0.29, 0.717) is 9.36 Å². The second kappa shape index (κ2) is 4.45. The molecule has 0 aliphatic rings. The van der Waals surface area contributed by atoms with Gasteiger partial charge < -0.3 is 0 Å². The third-order valence-electron chi connectivity index (χ3n) is 1.54. The Morgan fingerprint density at radius 3 is 2.29 bits per heavy atom. The molecule has 0 aliphatic heterocycles. The first kappa shape index (κ1) is 10.2. The summed E-state index contributed by atoms with van der Waals surface area (Å²) in [6.45, 7) is 0. The summed E-state index contributed by atoms with van der Waals surface area (Å²) in [6, 6.07) is 9.67. The molecule has 0 amide bonds. The van der Waals surface area contributed by atoms with Gasteiger partial charge in [0.15, 0.2) is 0 Å². The topological polar surface area (TPSA) is 12.4 Å². The average Bonchev–Trinajstić information content (AvgIpc) is 2.52. The molecule has 0 fully saturated rings. The third-order valence-corrected chi connectivity index (χ3v) is 5.04. The van der Waals surface area contributed by atoms with Crippen LogP contribution in [0.2, 0.25) is 9.36 Å². The molecule has 0 spiro atoms. The molecule has 0 unspecified atom stereocenters. The Bertz CT molecular complexity index is 487. The Kier molecular flexibility index (Phi) is 3.23. The molecular weight excluding hydrogens is 257 g/mol. The van der Waals surface area contributed by atoms with Crippen LogP contribution in [-0.2, 0) is 0 Å². The van der Waals surface area contributed by atoms with Crippen molar-refractivity contribution in [2.45, 2.75) is 0 Å². The van der Waals surface area contributed by atoms with Crippen LogP contribution in [0, 0.1) is 0 Å². The normalized spacial score (nSPS) is 12.0. The van der Waals surface area contributed by atoms with Gasteiger partial charge in [-0.05, 0) is 12.1 Å². The first-order valence-electron chi connectivity index (χ1n) is 3.81. The molecule has 2 aromatic rings. The first-order chi connectivity index (χ1) is 6.77. The summed E-state index contributed by atoms with van der Waals surface area (Å²) in [5.41, 5.74) is 0.889. The van der Waals surface area contributed by atoms with Crippen LogP contribution in [0.25, 0.3) is 0 Å². The number of benzene rings is 1. The minimum Gasteiger partial charge on any atom is -0.236 e. The van der Waals surface area contributed by atoms with Gasteiger partial charge >= 0.3 is 0 Å². The van der Waals surface area contributed by atoms with Crippen LogP contribution in [0.4, 0.5) is 5.69 Å². The number of para-hydroxylation sites is 1. The minimum atomic E-state index is 0.547. The lowest BCUT2D eigenvalue weighted by Crippen LogP contribution is -1.91. The third kappa shape index (κ3) is 2.17. The van der Waals surface area contributed by atoms with Crippen LogP contribution in [0.5, 0.6) is 0 Å². The number of rotatable bonds is 1. The van der Waals surface area contributed by atoms with Crippen LogP contribution < -0.4 is 4.67 Å². The molecule has 0 aliphatic carbocycles. The van der Waals surface area contributed by atoms with Gasteiger partial charge in [0.2, 0.25) is 0 Å². The maximum atomic E-state index is 5.95. The van der Waals surface area contributed by atoms with Crippen LogP contribution in [-0.4, -0.2) is 0 Å². The van der Waals surface area contributed by atoms with E-state index < -0.39 is 0 Å². The van der Waals surface area contributed by atoms with Crippen molar-refractivity contribution < 1.29 is 0 Å². The molecule has 0 saturated heterocycles. The SMILES string of the molecule is Clc1ssc(=Nc2ccccc2)c1Cl. The molecule has 0 atom stereocenters. The van der Waals surface area contributed by atoms with E-state index in [1.807, 2.05) is 30.3 Å². The minimum absolute atomic E-state index is 0.547. The summed E-state index contributed by atoms with van der Waals surface area (Å²) < 4.78 is 1.37. The van der Waals surface area contributed by atoms with E-state index >= 15 is 0 Å². The zero-order valence-electron chi connectivity index (χ0n) is 6.91. The molecule has 72 valence electrons. The molecule has 14 heavy (non-hydrogen) atoms. The highest BCUT2D eigenvalue weighted by molar-refractivity contribution is 7.69. The molecule has 1 nitrogen and oxygen atoms in total. The Morgan fingerprint density at radius 1 is 1.00 bits per heavy atom. The van der Waals surface area contributed by atoms with Crippen molar-refractivity contribution >= 4 is 49.6 Å². The van der Waals surface area contributed by atoms with E-state index in [1.165, 1.54) is 20.7 Å². The van der Waals surface area contributed by atoms with E-state index in [9.17, 15) is 0 Å². The molecule has 1 heterocycles. The standard InChI is InChI=1S/C9H5Cl2NS2/c10-7-8(11)13-14-9(7)12-6-4-2-1-3-5-6/h1-5H. The summed E-state index contributed by atoms with van der Waals surface area (Å²) in [5, 5.41) is 0.547. The Balaban J connectivity index is 2.50. The molecule has 2 rings (SSSR count). The van der Waals surface area contributed by atoms with Gasteiger partial charge in [0.05, 0.1) is 5.69 Å². The average molecular weight is 262 g/mol. The molecule has 0 N–H and O–H groups in total. The predicted molar refractivity (Wildman–Crippen MR) is 63.9 cm³/mol. The number of halogens is 2. The van der Waals surface area contributed by atoms with Gasteiger partial charge in [-0.3, -0.25) is 0 Å². The lowest BCUT2D eigenvalue weighted by molar-refractivity contribution is 1.41. The van der Waals surface area contributed by atoms with Crippen molar-refractivity contribution in [2.75, 3.05) is 0 Å². The van der Waals surface area contributed by atoms with Crippen molar-refractivity contribution in [3.8, 4) is 0 Å². The van der Waals surface area contributed by atoms with Gasteiger partial charge in [-0.1, -0.05) is 62.1 Å². The predicted octanol–water partition coefficient (Wildman–Crippen LogP) is 4.35. The zero-order chi connectivity index (χ0) is 9.97. The molecule has 0 radical (unpaired) electrons. The van der Waals surface area contributed by atoms with Gasteiger partial charge in [-0.2, -0.15) is 0 Å². The monoisotopic (exact) mass is 261 g/mol. The van der Waals surface area contributed by atoms with E-state index in [2.05, 4.69) is 4.99 Å². The highest BCUT2D eigenvalue weighted by Gasteiger charge is 2.03. The van der Waals surface area contributed by atoms with Crippen LogP contribution >= 0.6 is 43.9 Å². The molecule has 0 bridgehead atoms. The quantitative estimate of drug-likeness (QED) is 0.677. The molecule has 5 heteroatoms. The first-order valence-corrected chi connectivity index (χ1v) is 6.72. The van der Waals surface area contributed by atoms with E-state index in [-0.39, 0.29) is 0 Å². The molecular formula is C9H5Cl2NS2. The Labute approximate surface area is 98.7 Å². The fraction of sp³-hybridized carbons (Fsp3) is 0. The summed E-state index contributed by atoms with van der Waals surface area (Å²) in [5.74, 6) is 0. The fourth-order valence-electron chi connectivity index (χ4n) is 0.921. The van der Waals surface area contributed by atoms with E-state index in [1.54, 1.807) is 0 Å². The number of nitrogens with zero attached hydrogens (tertiary/aromatic N) is 1. The van der Waals surface area contributed by atoms with Crippen LogP contribution in [0.15, 0.2) is 35.3 Å². The number of hydrogen-bond acceptors (Lipinski definition) is 3. The van der Waals surface area contributed by atoms with Gasteiger partial charge in [-0.25, -0.2) is 4.99 Å². The smallest absolute Gasteiger partial charge is 0.147 e. The lowest BCUT2D eigenvalue weighted by Gasteiger charge is -1.88. The van der Waals surface area contributed by atoms with Gasteiger partial charge in [-0.15, -0.1) is 0 Å². The second-order valence-electron chi connectivity index (χ2n) is 2.51. The van der Waals surface area contributed by atoms with Crippen molar-refractivity contribution in [2.24, 2.45) is 4.99 Å². The Hall–Kier alpha value is -0.350. The van der Waals surface area contributed by atoms with Crippen LogP contribution in [0.1, 0.15) is 0 Å². The van der Waals surface area contributed by atoms with Crippen LogP contribution in [0.3, 0.4) is 0 Å². The zero-order valence-corrected chi connectivity index (χ0v) is 10.1. The molecule has 0 saturated carbocycles. The van der Waals surface area contributed by atoms with E-state index in [0.717, 1.165) is 10.4 Å². The maximum absolute atomic E-state index is 5.95.